The zero-order valence-corrected chi connectivity index (χ0v) is 19.2. The van der Waals surface area contributed by atoms with Gasteiger partial charge in [0.2, 0.25) is 5.16 Å². The number of benzene rings is 2. The largest absolute Gasteiger partial charge is 0.497 e. The summed E-state index contributed by atoms with van der Waals surface area (Å²) in [4.78, 5) is 0. The summed E-state index contributed by atoms with van der Waals surface area (Å²) in [6.45, 7) is 0.626. The quantitative estimate of drug-likeness (QED) is 0.549. The number of nitrogens with one attached hydrogen (secondary N) is 2. The summed E-state index contributed by atoms with van der Waals surface area (Å²) in [7, 11) is 3.36. The summed E-state index contributed by atoms with van der Waals surface area (Å²) >= 11 is 1.65. The van der Waals surface area contributed by atoms with Crippen LogP contribution in [0.5, 0.6) is 5.75 Å². The monoisotopic (exact) mass is 468 g/mol. The van der Waals surface area contributed by atoms with Gasteiger partial charge in [0.1, 0.15) is 11.6 Å². The Morgan fingerprint density at radius 2 is 1.79 bits per heavy atom. The molecular weight excluding hydrogens is 443 g/mol. The van der Waals surface area contributed by atoms with Gasteiger partial charge in [-0.15, -0.1) is 10.2 Å². The predicted molar refractivity (Wildman–Crippen MR) is 124 cm³/mol. The average Bonchev–Trinajstić information content (AvgIpc) is 3.49. The van der Waals surface area contributed by atoms with E-state index in [-0.39, 0.29) is 23.2 Å². The van der Waals surface area contributed by atoms with Crippen LogP contribution in [0.4, 0.5) is 4.39 Å². The molecule has 3 atom stereocenters. The second-order valence-corrected chi connectivity index (χ2v) is 9.11. The van der Waals surface area contributed by atoms with Gasteiger partial charge >= 0.3 is 0 Å². The molecule has 3 aromatic rings. The fraction of sp³-hybridized carbons (Fsp3) is 0.348. The van der Waals surface area contributed by atoms with Crippen molar-refractivity contribution >= 4 is 17.5 Å². The predicted octanol–water partition coefficient (Wildman–Crippen LogP) is 3.47. The lowest BCUT2D eigenvalue weighted by molar-refractivity contribution is 0.197. The number of nitrogens with zero attached hydrogens (tertiary/aromatic N) is 4. The maximum absolute atomic E-state index is 13.3. The number of hydrazine groups is 1. The molecule has 33 heavy (non-hydrogen) atoms. The minimum atomic E-state index is -0.242. The first-order valence-electron chi connectivity index (χ1n) is 10.8. The molecule has 3 unspecified atom stereocenters. The van der Waals surface area contributed by atoms with E-state index in [1.165, 1.54) is 12.1 Å². The molecule has 0 aliphatic carbocycles. The smallest absolute Gasteiger partial charge is 0.212 e. The highest BCUT2D eigenvalue weighted by atomic mass is 32.2. The fourth-order valence-electron chi connectivity index (χ4n) is 4.08. The average molecular weight is 469 g/mol. The van der Waals surface area contributed by atoms with Gasteiger partial charge in [0.05, 0.1) is 24.1 Å². The van der Waals surface area contributed by atoms with Gasteiger partial charge in [-0.1, -0.05) is 23.9 Å². The number of ether oxygens (including phenoxy) is 2. The van der Waals surface area contributed by atoms with E-state index < -0.39 is 0 Å². The number of hydrogen-bond acceptors (Lipinski definition) is 8. The lowest BCUT2D eigenvalue weighted by Crippen LogP contribution is -2.29. The van der Waals surface area contributed by atoms with Crippen molar-refractivity contribution in [3.63, 3.8) is 0 Å². The molecular formula is C23H25FN6O2S. The third kappa shape index (κ3) is 4.51. The normalized spacial score (nSPS) is 22.2. The van der Waals surface area contributed by atoms with Crippen LogP contribution in [-0.4, -0.2) is 46.7 Å². The first-order valence-corrected chi connectivity index (χ1v) is 11.6. The van der Waals surface area contributed by atoms with E-state index in [1.54, 1.807) is 38.1 Å². The van der Waals surface area contributed by atoms with Crippen LogP contribution in [0, 0.1) is 5.82 Å². The van der Waals surface area contributed by atoms with Crippen LogP contribution >= 0.6 is 11.8 Å². The first-order chi connectivity index (χ1) is 16.2. The minimum absolute atomic E-state index is 0.0410. The van der Waals surface area contributed by atoms with E-state index in [0.29, 0.717) is 6.61 Å². The van der Waals surface area contributed by atoms with Gasteiger partial charge in [-0.2, -0.15) is 9.78 Å². The van der Waals surface area contributed by atoms with E-state index in [1.807, 2.05) is 28.9 Å². The molecule has 8 nitrogen and oxygen atoms in total. The molecule has 0 saturated carbocycles. The summed E-state index contributed by atoms with van der Waals surface area (Å²) in [6, 6.07) is 14.4. The number of thioether (sulfide) groups is 1. The third-order valence-corrected chi connectivity index (χ3v) is 7.06. The van der Waals surface area contributed by atoms with Gasteiger partial charge in [0, 0.05) is 19.8 Å². The fourth-order valence-corrected chi connectivity index (χ4v) is 5.17. The Morgan fingerprint density at radius 1 is 1.03 bits per heavy atom. The van der Waals surface area contributed by atoms with Crippen LogP contribution in [0.2, 0.25) is 0 Å². The Balaban J connectivity index is 1.43. The van der Waals surface area contributed by atoms with E-state index in [0.717, 1.165) is 46.4 Å². The Labute approximate surface area is 195 Å². The molecule has 2 aliphatic heterocycles. The Bertz CT molecular complexity index is 1130. The van der Waals surface area contributed by atoms with Gasteiger partial charge in [0.25, 0.3) is 0 Å². The number of methoxy groups -OCH3 is 2. The number of fused-ring (bicyclic) bond motifs is 1. The topological polar surface area (TPSA) is 85.6 Å². The molecule has 2 aromatic carbocycles. The summed E-state index contributed by atoms with van der Waals surface area (Å²) < 4.78 is 25.8. The van der Waals surface area contributed by atoms with Crippen molar-refractivity contribution in [2.45, 2.75) is 35.3 Å². The number of aromatic nitrogens is 3. The molecule has 172 valence electrons. The van der Waals surface area contributed by atoms with Crippen molar-refractivity contribution in [3.05, 3.63) is 71.3 Å². The molecule has 0 bridgehead atoms. The molecule has 0 radical (unpaired) electrons. The third-order valence-electron chi connectivity index (χ3n) is 5.85. The van der Waals surface area contributed by atoms with Gasteiger partial charge in [0.15, 0.2) is 5.82 Å². The molecule has 0 amide bonds. The van der Waals surface area contributed by atoms with Crippen LogP contribution in [0.25, 0.3) is 0 Å². The molecule has 10 heteroatoms. The maximum Gasteiger partial charge on any atom is 0.212 e. The summed E-state index contributed by atoms with van der Waals surface area (Å²) in [5, 5.41) is 14.7. The summed E-state index contributed by atoms with van der Waals surface area (Å²) in [5.41, 5.74) is 9.59. The lowest BCUT2D eigenvalue weighted by atomic mass is 10.0. The second-order valence-electron chi connectivity index (χ2n) is 7.94. The van der Waals surface area contributed by atoms with E-state index in [4.69, 9.17) is 14.6 Å². The highest BCUT2D eigenvalue weighted by molar-refractivity contribution is 8.00. The standard InChI is InChI=1S/C23H25FN6O2S/c1-31-12-11-20-21(15-5-9-17(32-2)10-6-15)29-30-22(27-28-23(30)33-20)19-13-18(25-26-19)14-3-7-16(24)8-4-14/h3-10,18-20,25-26H,11-13H2,1-2H3. The molecule has 3 heterocycles. The second kappa shape index (κ2) is 9.60. The zero-order valence-electron chi connectivity index (χ0n) is 18.4. The van der Waals surface area contributed by atoms with E-state index in [2.05, 4.69) is 21.0 Å². The van der Waals surface area contributed by atoms with Crippen LogP contribution in [-0.2, 0) is 4.74 Å². The molecule has 5 rings (SSSR count). The van der Waals surface area contributed by atoms with Crippen molar-refractivity contribution < 1.29 is 13.9 Å². The molecule has 2 N–H and O–H groups in total. The van der Waals surface area contributed by atoms with Crippen molar-refractivity contribution in [2.24, 2.45) is 5.10 Å². The lowest BCUT2D eigenvalue weighted by Gasteiger charge is -2.23. The first kappa shape index (κ1) is 22.0. The van der Waals surface area contributed by atoms with Crippen LogP contribution in [0.15, 0.2) is 58.8 Å². The molecule has 1 aromatic heterocycles. The van der Waals surface area contributed by atoms with Gasteiger partial charge < -0.3 is 9.47 Å². The van der Waals surface area contributed by atoms with Gasteiger partial charge in [-0.3, -0.25) is 0 Å². The molecule has 1 saturated heterocycles. The Hall–Kier alpha value is -2.79. The van der Waals surface area contributed by atoms with E-state index in [9.17, 15) is 4.39 Å². The van der Waals surface area contributed by atoms with E-state index >= 15 is 0 Å². The Kier molecular flexibility index (Phi) is 6.41. The highest BCUT2D eigenvalue weighted by Gasteiger charge is 2.34. The molecule has 0 spiro atoms. The summed E-state index contributed by atoms with van der Waals surface area (Å²) in [5.74, 6) is 1.30. The zero-order chi connectivity index (χ0) is 22.8. The van der Waals surface area contributed by atoms with Crippen molar-refractivity contribution in [3.8, 4) is 5.75 Å². The van der Waals surface area contributed by atoms with Crippen LogP contribution < -0.4 is 15.6 Å². The molecule has 2 aliphatic rings. The molecule has 1 fully saturated rings. The SMILES string of the molecule is COCCC1Sc2nnc(C3CC(c4ccc(F)cc4)NN3)n2N=C1c1ccc(OC)cc1. The minimum Gasteiger partial charge on any atom is -0.497 e. The van der Waals surface area contributed by atoms with Gasteiger partial charge in [-0.05, 0) is 60.4 Å². The maximum atomic E-state index is 13.3. The number of rotatable bonds is 7. The van der Waals surface area contributed by atoms with Crippen molar-refractivity contribution in [1.29, 1.82) is 0 Å². The Morgan fingerprint density at radius 3 is 2.52 bits per heavy atom. The van der Waals surface area contributed by atoms with Crippen molar-refractivity contribution in [1.82, 2.24) is 25.7 Å². The summed E-state index contributed by atoms with van der Waals surface area (Å²) in [6.07, 6.45) is 1.55. The number of hydrogen-bond donors (Lipinski definition) is 2. The van der Waals surface area contributed by atoms with Crippen molar-refractivity contribution in [2.75, 3.05) is 20.8 Å². The number of halogens is 1. The van der Waals surface area contributed by atoms with Gasteiger partial charge in [-0.25, -0.2) is 15.2 Å². The van der Waals surface area contributed by atoms with Crippen LogP contribution in [0.3, 0.4) is 0 Å². The highest BCUT2D eigenvalue weighted by Crippen LogP contribution is 2.36. The van der Waals surface area contributed by atoms with Crippen LogP contribution in [0.1, 0.15) is 41.9 Å².